The van der Waals surface area contributed by atoms with Crippen LogP contribution >= 0.6 is 28.1 Å². The molecule has 2 bridgehead atoms. The zero-order chi connectivity index (χ0) is 15.4. The first kappa shape index (κ1) is 15.3. The SMILES string of the molecule is CC12CCC(C1)C(C)(C)C2Nc1ccc(C(N)=S)c(Br)c1. The van der Waals surface area contributed by atoms with Crippen LogP contribution in [-0.4, -0.2) is 11.0 Å². The van der Waals surface area contributed by atoms with E-state index in [4.69, 9.17) is 18.0 Å². The van der Waals surface area contributed by atoms with E-state index in [0.29, 0.717) is 21.9 Å². The third kappa shape index (κ3) is 2.40. The van der Waals surface area contributed by atoms with E-state index in [-0.39, 0.29) is 0 Å². The number of nitrogens with two attached hydrogens (primary N) is 1. The third-order valence-electron chi connectivity index (χ3n) is 5.82. The lowest BCUT2D eigenvalue weighted by Gasteiger charge is -2.43. The summed E-state index contributed by atoms with van der Waals surface area (Å²) in [6.45, 7) is 7.27. The van der Waals surface area contributed by atoms with Gasteiger partial charge in [0.25, 0.3) is 0 Å². The van der Waals surface area contributed by atoms with Gasteiger partial charge in [-0.25, -0.2) is 0 Å². The lowest BCUT2D eigenvalue weighted by Crippen LogP contribution is -2.45. The Bertz CT molecular complexity index is 594. The van der Waals surface area contributed by atoms with Gasteiger partial charge < -0.3 is 11.1 Å². The van der Waals surface area contributed by atoms with Gasteiger partial charge in [-0.15, -0.1) is 0 Å². The summed E-state index contributed by atoms with van der Waals surface area (Å²) in [5.41, 5.74) is 8.53. The van der Waals surface area contributed by atoms with Crippen LogP contribution in [0, 0.1) is 16.7 Å². The molecular weight excluding hydrogens is 344 g/mol. The largest absolute Gasteiger partial charge is 0.389 e. The predicted octanol–water partition coefficient (Wildman–Crippen LogP) is 4.71. The number of hydrogen-bond acceptors (Lipinski definition) is 2. The van der Waals surface area contributed by atoms with Crippen LogP contribution in [0.3, 0.4) is 0 Å². The first-order valence-corrected chi connectivity index (χ1v) is 8.80. The molecular formula is C17H23BrN2S. The van der Waals surface area contributed by atoms with E-state index in [9.17, 15) is 0 Å². The summed E-state index contributed by atoms with van der Waals surface area (Å²) < 4.78 is 0.964. The van der Waals surface area contributed by atoms with Crippen molar-refractivity contribution in [3.8, 4) is 0 Å². The number of hydrogen-bond donors (Lipinski definition) is 2. The zero-order valence-corrected chi connectivity index (χ0v) is 15.3. The highest BCUT2D eigenvalue weighted by molar-refractivity contribution is 9.10. The van der Waals surface area contributed by atoms with Crippen LogP contribution in [0.5, 0.6) is 0 Å². The molecule has 0 spiro atoms. The molecule has 3 atom stereocenters. The van der Waals surface area contributed by atoms with Crippen LogP contribution in [0.4, 0.5) is 5.69 Å². The van der Waals surface area contributed by atoms with Gasteiger partial charge in [-0.2, -0.15) is 0 Å². The summed E-state index contributed by atoms with van der Waals surface area (Å²) in [5.74, 6) is 0.847. The Balaban J connectivity index is 1.87. The van der Waals surface area contributed by atoms with E-state index >= 15 is 0 Å². The molecule has 2 saturated carbocycles. The van der Waals surface area contributed by atoms with Gasteiger partial charge in [0.05, 0.1) is 0 Å². The van der Waals surface area contributed by atoms with Crippen LogP contribution in [-0.2, 0) is 0 Å². The van der Waals surface area contributed by atoms with Gasteiger partial charge in [0, 0.05) is 21.8 Å². The summed E-state index contributed by atoms with van der Waals surface area (Å²) in [6.07, 6.45) is 4.07. The first-order chi connectivity index (χ1) is 9.74. The van der Waals surface area contributed by atoms with Gasteiger partial charge in [-0.1, -0.05) is 33.0 Å². The van der Waals surface area contributed by atoms with Crippen LogP contribution < -0.4 is 11.1 Å². The average Bonchev–Trinajstić information content (AvgIpc) is 2.85. The summed E-state index contributed by atoms with van der Waals surface area (Å²) in [7, 11) is 0. The summed E-state index contributed by atoms with van der Waals surface area (Å²) in [5, 5.41) is 3.80. The first-order valence-electron chi connectivity index (χ1n) is 7.60. The molecule has 3 unspecified atom stereocenters. The van der Waals surface area contributed by atoms with E-state index in [1.54, 1.807) is 0 Å². The van der Waals surface area contributed by atoms with Crippen molar-refractivity contribution in [1.29, 1.82) is 0 Å². The van der Waals surface area contributed by atoms with Gasteiger partial charge in [-0.3, -0.25) is 0 Å². The van der Waals surface area contributed by atoms with Crippen molar-refractivity contribution in [3.05, 3.63) is 28.2 Å². The highest BCUT2D eigenvalue weighted by Gasteiger charge is 2.59. The maximum Gasteiger partial charge on any atom is 0.105 e. The number of nitrogens with one attached hydrogen (secondary N) is 1. The second kappa shape index (κ2) is 4.95. The highest BCUT2D eigenvalue weighted by Crippen LogP contribution is 2.63. The number of fused-ring (bicyclic) bond motifs is 2. The predicted molar refractivity (Wildman–Crippen MR) is 96.7 cm³/mol. The van der Waals surface area contributed by atoms with Crippen molar-refractivity contribution in [2.24, 2.45) is 22.5 Å². The number of rotatable bonds is 3. The minimum Gasteiger partial charge on any atom is -0.389 e. The summed E-state index contributed by atoms with van der Waals surface area (Å²) >= 11 is 8.63. The number of benzene rings is 1. The maximum absolute atomic E-state index is 5.72. The minimum atomic E-state index is 0.349. The van der Waals surface area contributed by atoms with Crippen molar-refractivity contribution >= 4 is 38.8 Å². The smallest absolute Gasteiger partial charge is 0.105 e. The molecule has 2 aliphatic rings. The molecule has 2 fully saturated rings. The van der Waals surface area contributed by atoms with Gasteiger partial charge in [-0.05, 0) is 70.1 Å². The average molecular weight is 367 g/mol. The number of thiocarbonyl (C=S) groups is 1. The van der Waals surface area contributed by atoms with Crippen molar-refractivity contribution < 1.29 is 0 Å². The minimum absolute atomic E-state index is 0.349. The second-order valence-corrected chi connectivity index (χ2v) is 8.85. The standard InChI is InChI=1S/C17H23BrN2S/c1-16(2)10-6-7-17(3,9-10)15(16)20-11-4-5-12(14(19)21)13(18)8-11/h4-5,8,10,15,20H,6-7,9H2,1-3H3,(H2,19,21). The normalized spacial score (nSPS) is 33.1. The van der Waals surface area contributed by atoms with Crippen molar-refractivity contribution in [2.45, 2.75) is 46.1 Å². The molecule has 1 aromatic carbocycles. The molecule has 0 saturated heterocycles. The van der Waals surface area contributed by atoms with Gasteiger partial charge in [0.1, 0.15) is 4.99 Å². The third-order valence-corrected chi connectivity index (χ3v) is 6.69. The topological polar surface area (TPSA) is 38.0 Å². The summed E-state index contributed by atoms with van der Waals surface area (Å²) in [4.78, 5) is 0.431. The quantitative estimate of drug-likeness (QED) is 0.760. The fourth-order valence-corrected chi connectivity index (χ4v) is 5.54. The highest BCUT2D eigenvalue weighted by atomic mass is 79.9. The van der Waals surface area contributed by atoms with Crippen LogP contribution in [0.2, 0.25) is 0 Å². The molecule has 4 heteroatoms. The Morgan fingerprint density at radius 3 is 2.62 bits per heavy atom. The molecule has 21 heavy (non-hydrogen) atoms. The van der Waals surface area contributed by atoms with Crippen molar-refractivity contribution in [2.75, 3.05) is 5.32 Å². The molecule has 114 valence electrons. The van der Waals surface area contributed by atoms with Crippen LogP contribution in [0.25, 0.3) is 0 Å². The molecule has 0 aromatic heterocycles. The van der Waals surface area contributed by atoms with Crippen molar-refractivity contribution in [1.82, 2.24) is 0 Å². The Morgan fingerprint density at radius 1 is 1.38 bits per heavy atom. The van der Waals surface area contributed by atoms with Crippen LogP contribution in [0.15, 0.2) is 22.7 Å². The lowest BCUT2D eigenvalue weighted by atomic mass is 9.68. The van der Waals surface area contributed by atoms with E-state index < -0.39 is 0 Å². The van der Waals surface area contributed by atoms with E-state index in [1.807, 2.05) is 6.07 Å². The van der Waals surface area contributed by atoms with Crippen LogP contribution in [0.1, 0.15) is 45.6 Å². The zero-order valence-electron chi connectivity index (χ0n) is 12.9. The molecule has 2 aliphatic carbocycles. The molecule has 3 N–H and O–H groups in total. The van der Waals surface area contributed by atoms with E-state index in [1.165, 1.54) is 19.3 Å². The summed E-state index contributed by atoms with van der Waals surface area (Å²) in [6, 6.07) is 6.70. The molecule has 2 nitrogen and oxygen atoms in total. The Kier molecular flexibility index (Phi) is 3.61. The maximum atomic E-state index is 5.72. The van der Waals surface area contributed by atoms with Gasteiger partial charge >= 0.3 is 0 Å². The van der Waals surface area contributed by atoms with E-state index in [2.05, 4.69) is 54.2 Å². The molecule has 0 amide bonds. The van der Waals surface area contributed by atoms with E-state index in [0.717, 1.165) is 21.6 Å². The Morgan fingerprint density at radius 2 is 2.10 bits per heavy atom. The molecule has 0 aliphatic heterocycles. The molecule has 3 rings (SSSR count). The molecule has 0 heterocycles. The lowest BCUT2D eigenvalue weighted by molar-refractivity contribution is 0.155. The fraction of sp³-hybridized carbons (Fsp3) is 0.588. The Hall–Kier alpha value is -0.610. The Labute approximate surface area is 141 Å². The van der Waals surface area contributed by atoms with Crippen molar-refractivity contribution in [3.63, 3.8) is 0 Å². The molecule has 0 radical (unpaired) electrons. The number of anilines is 1. The fourth-order valence-electron chi connectivity index (χ4n) is 4.63. The second-order valence-electron chi connectivity index (χ2n) is 7.55. The monoisotopic (exact) mass is 366 g/mol. The van der Waals surface area contributed by atoms with Gasteiger partial charge in [0.15, 0.2) is 0 Å². The number of halogens is 1. The van der Waals surface area contributed by atoms with Gasteiger partial charge in [0.2, 0.25) is 0 Å². The molecule has 1 aromatic rings.